The number of carbonyl (C=O) groups excluding carboxylic acids is 2. The smallest absolute Gasteiger partial charge is 0.321 e. The van der Waals surface area contributed by atoms with E-state index in [0.29, 0.717) is 35.2 Å². The summed E-state index contributed by atoms with van der Waals surface area (Å²) in [7, 11) is 0. The van der Waals surface area contributed by atoms with E-state index in [1.54, 1.807) is 22.9 Å². The number of imidazole rings is 2. The minimum absolute atomic E-state index is 0.180. The van der Waals surface area contributed by atoms with Crippen molar-refractivity contribution in [2.75, 3.05) is 11.9 Å². The molecule has 0 saturated heterocycles. The Bertz CT molecular complexity index is 972. The SMILES string of the molecule is CCNC(=O)Nc1nc2nc(-n3cnc(C(=O)NC4CC4)c3)ccc2[nH]1. The van der Waals surface area contributed by atoms with Gasteiger partial charge in [-0.1, -0.05) is 0 Å². The summed E-state index contributed by atoms with van der Waals surface area (Å²) < 4.78 is 1.66. The molecule has 4 rings (SSSR count). The number of nitrogens with zero attached hydrogens (tertiary/aromatic N) is 4. The number of pyridine rings is 1. The maximum Gasteiger partial charge on any atom is 0.321 e. The predicted molar refractivity (Wildman–Crippen MR) is 94.2 cm³/mol. The first kappa shape index (κ1) is 16.1. The zero-order valence-electron chi connectivity index (χ0n) is 14.1. The third-order valence-electron chi connectivity index (χ3n) is 3.89. The molecule has 3 heterocycles. The second-order valence-corrected chi connectivity index (χ2v) is 6.02. The zero-order valence-corrected chi connectivity index (χ0v) is 14.1. The van der Waals surface area contributed by atoms with Crippen LogP contribution >= 0.6 is 0 Å². The largest absolute Gasteiger partial charge is 0.348 e. The molecule has 0 bridgehead atoms. The Hall–Kier alpha value is -3.43. The normalized spacial score (nSPS) is 13.6. The van der Waals surface area contributed by atoms with Crippen molar-refractivity contribution in [2.45, 2.75) is 25.8 Å². The van der Waals surface area contributed by atoms with Crippen molar-refractivity contribution in [1.82, 2.24) is 35.1 Å². The number of carbonyl (C=O) groups is 2. The first-order chi connectivity index (χ1) is 12.6. The number of nitrogens with one attached hydrogen (secondary N) is 4. The minimum atomic E-state index is -0.340. The molecule has 26 heavy (non-hydrogen) atoms. The van der Waals surface area contributed by atoms with Gasteiger partial charge in [0.1, 0.15) is 17.8 Å². The van der Waals surface area contributed by atoms with Gasteiger partial charge in [0.2, 0.25) is 5.95 Å². The van der Waals surface area contributed by atoms with Crippen molar-refractivity contribution < 1.29 is 9.59 Å². The van der Waals surface area contributed by atoms with E-state index >= 15 is 0 Å². The van der Waals surface area contributed by atoms with E-state index in [2.05, 4.69) is 35.9 Å². The molecule has 0 atom stereocenters. The Kier molecular flexibility index (Phi) is 3.99. The van der Waals surface area contributed by atoms with E-state index in [-0.39, 0.29) is 18.0 Å². The maximum absolute atomic E-state index is 12.0. The molecule has 0 aliphatic heterocycles. The van der Waals surface area contributed by atoms with Gasteiger partial charge in [0.05, 0.1) is 5.52 Å². The van der Waals surface area contributed by atoms with E-state index in [9.17, 15) is 9.59 Å². The second-order valence-electron chi connectivity index (χ2n) is 6.02. The zero-order chi connectivity index (χ0) is 18.1. The van der Waals surface area contributed by atoms with Crippen molar-refractivity contribution in [3.05, 3.63) is 30.4 Å². The molecule has 0 spiro atoms. The Morgan fingerprint density at radius 1 is 1.31 bits per heavy atom. The van der Waals surface area contributed by atoms with Gasteiger partial charge >= 0.3 is 6.03 Å². The van der Waals surface area contributed by atoms with E-state index in [4.69, 9.17) is 0 Å². The Labute approximate surface area is 148 Å². The van der Waals surface area contributed by atoms with Crippen molar-refractivity contribution in [2.24, 2.45) is 0 Å². The molecular weight excluding hydrogens is 336 g/mol. The number of anilines is 1. The molecule has 10 heteroatoms. The number of hydrogen-bond acceptors (Lipinski definition) is 5. The lowest BCUT2D eigenvalue weighted by atomic mass is 10.4. The van der Waals surface area contributed by atoms with Crippen LogP contribution in [-0.2, 0) is 0 Å². The highest BCUT2D eigenvalue weighted by atomic mass is 16.2. The fourth-order valence-corrected chi connectivity index (χ4v) is 2.45. The Morgan fingerprint density at radius 3 is 2.92 bits per heavy atom. The van der Waals surface area contributed by atoms with Crippen LogP contribution < -0.4 is 16.0 Å². The molecule has 0 radical (unpaired) electrons. The molecular formula is C16H18N8O2. The molecule has 3 aromatic heterocycles. The first-order valence-electron chi connectivity index (χ1n) is 8.39. The van der Waals surface area contributed by atoms with Crippen LogP contribution in [0.4, 0.5) is 10.7 Å². The summed E-state index contributed by atoms with van der Waals surface area (Å²) in [5, 5.41) is 8.13. The molecule has 1 aliphatic rings. The third kappa shape index (κ3) is 3.34. The molecule has 10 nitrogen and oxygen atoms in total. The van der Waals surface area contributed by atoms with E-state index in [1.165, 1.54) is 6.33 Å². The van der Waals surface area contributed by atoms with Gasteiger partial charge in [0.15, 0.2) is 5.65 Å². The monoisotopic (exact) mass is 354 g/mol. The molecule has 0 unspecified atom stereocenters. The quantitative estimate of drug-likeness (QED) is 0.547. The summed E-state index contributed by atoms with van der Waals surface area (Å²) in [6.07, 6.45) is 5.22. The van der Waals surface area contributed by atoms with Crippen LogP contribution in [0.3, 0.4) is 0 Å². The number of aromatic nitrogens is 5. The lowest BCUT2D eigenvalue weighted by Crippen LogP contribution is -2.28. The molecule has 1 aliphatic carbocycles. The van der Waals surface area contributed by atoms with E-state index in [1.807, 2.05) is 6.92 Å². The Morgan fingerprint density at radius 2 is 2.15 bits per heavy atom. The average molecular weight is 354 g/mol. The van der Waals surface area contributed by atoms with Crippen molar-refractivity contribution >= 4 is 29.1 Å². The number of aromatic amines is 1. The highest BCUT2D eigenvalue weighted by molar-refractivity contribution is 5.92. The van der Waals surface area contributed by atoms with Crippen molar-refractivity contribution in [1.29, 1.82) is 0 Å². The molecule has 1 fully saturated rings. The number of hydrogen-bond donors (Lipinski definition) is 4. The molecule has 0 aromatic carbocycles. The summed E-state index contributed by atoms with van der Waals surface area (Å²) in [6.45, 7) is 2.35. The van der Waals surface area contributed by atoms with Gasteiger partial charge in [-0.15, -0.1) is 0 Å². The summed E-state index contributed by atoms with van der Waals surface area (Å²) in [4.78, 5) is 39.4. The van der Waals surface area contributed by atoms with Gasteiger partial charge in [-0.05, 0) is 31.9 Å². The van der Waals surface area contributed by atoms with Crippen LogP contribution in [0.25, 0.3) is 17.0 Å². The van der Waals surface area contributed by atoms with Crippen LogP contribution in [0.2, 0.25) is 0 Å². The van der Waals surface area contributed by atoms with Crippen molar-refractivity contribution in [3.8, 4) is 5.82 Å². The van der Waals surface area contributed by atoms with E-state index in [0.717, 1.165) is 12.8 Å². The van der Waals surface area contributed by atoms with Gasteiger partial charge in [0.25, 0.3) is 5.91 Å². The molecule has 3 aromatic rings. The molecule has 4 N–H and O–H groups in total. The van der Waals surface area contributed by atoms with Gasteiger partial charge < -0.3 is 15.6 Å². The topological polar surface area (TPSA) is 130 Å². The molecule has 134 valence electrons. The summed E-state index contributed by atoms with van der Waals surface area (Å²) >= 11 is 0. The number of fused-ring (bicyclic) bond motifs is 1. The van der Waals surface area contributed by atoms with Crippen LogP contribution in [-0.4, -0.2) is 49.0 Å². The van der Waals surface area contributed by atoms with Gasteiger partial charge in [-0.2, -0.15) is 4.98 Å². The number of H-pyrrole nitrogens is 1. The predicted octanol–water partition coefficient (Wildman–Crippen LogP) is 1.18. The lowest BCUT2D eigenvalue weighted by Gasteiger charge is -2.00. The van der Waals surface area contributed by atoms with E-state index < -0.39 is 0 Å². The maximum atomic E-state index is 12.0. The molecule has 3 amide bonds. The summed E-state index contributed by atoms with van der Waals surface area (Å²) in [6, 6.07) is 3.52. The van der Waals surface area contributed by atoms with Crippen LogP contribution in [0, 0.1) is 0 Å². The summed E-state index contributed by atoms with van der Waals surface area (Å²) in [5.41, 5.74) is 1.48. The Balaban J connectivity index is 1.54. The fourth-order valence-electron chi connectivity index (χ4n) is 2.45. The molecule has 1 saturated carbocycles. The fraction of sp³-hybridized carbons (Fsp3) is 0.312. The highest BCUT2D eigenvalue weighted by Crippen LogP contribution is 2.19. The number of amides is 3. The van der Waals surface area contributed by atoms with Crippen LogP contribution in [0.5, 0.6) is 0 Å². The van der Waals surface area contributed by atoms with Gasteiger partial charge in [-0.25, -0.2) is 14.8 Å². The van der Waals surface area contributed by atoms with Crippen molar-refractivity contribution in [3.63, 3.8) is 0 Å². The second kappa shape index (κ2) is 6.47. The standard InChI is InChI=1S/C16H18N8O2/c1-2-17-16(26)23-15-20-10-5-6-12(21-13(10)22-15)24-7-11(18-8-24)14(25)19-9-3-4-9/h5-9H,2-4H2,1H3,(H,19,25)(H3,17,20,21,22,23,26). The van der Waals surface area contributed by atoms with Gasteiger partial charge in [0, 0.05) is 18.8 Å². The van der Waals surface area contributed by atoms with Gasteiger partial charge in [-0.3, -0.25) is 14.7 Å². The minimum Gasteiger partial charge on any atom is -0.348 e. The lowest BCUT2D eigenvalue weighted by molar-refractivity contribution is 0.0946. The first-order valence-corrected chi connectivity index (χ1v) is 8.39. The summed E-state index contributed by atoms with van der Waals surface area (Å²) in [5.74, 6) is 0.706. The van der Waals surface area contributed by atoms with Crippen LogP contribution in [0.15, 0.2) is 24.7 Å². The third-order valence-corrected chi connectivity index (χ3v) is 3.89. The average Bonchev–Trinajstić information content (AvgIpc) is 3.14. The number of urea groups is 1. The highest BCUT2D eigenvalue weighted by Gasteiger charge is 2.24. The number of rotatable bonds is 5. The van der Waals surface area contributed by atoms with Crippen LogP contribution in [0.1, 0.15) is 30.3 Å².